The predicted octanol–water partition coefficient (Wildman–Crippen LogP) is 3.28. The van der Waals surface area contributed by atoms with Crippen molar-refractivity contribution in [2.45, 2.75) is 58.5 Å². The van der Waals surface area contributed by atoms with E-state index in [4.69, 9.17) is 0 Å². The maximum atomic E-state index is 9.46. The van der Waals surface area contributed by atoms with E-state index >= 15 is 0 Å². The van der Waals surface area contributed by atoms with Crippen LogP contribution in [0.4, 0.5) is 0 Å². The molecule has 1 N–H and O–H groups in total. The van der Waals surface area contributed by atoms with Gasteiger partial charge < -0.3 is 5.11 Å². The van der Waals surface area contributed by atoms with Crippen molar-refractivity contribution < 1.29 is 5.11 Å². The fourth-order valence-corrected chi connectivity index (χ4v) is 1.31. The zero-order valence-corrected chi connectivity index (χ0v) is 8.47. The maximum absolute atomic E-state index is 9.46. The molecule has 1 nitrogen and oxygen atoms in total. The predicted molar refractivity (Wildman–Crippen MR) is 54.2 cm³/mol. The first-order valence-corrected chi connectivity index (χ1v) is 4.99. The minimum Gasteiger partial charge on any atom is -0.393 e. The van der Waals surface area contributed by atoms with Gasteiger partial charge in [0, 0.05) is 0 Å². The van der Waals surface area contributed by atoms with Gasteiger partial charge in [-0.3, -0.25) is 0 Å². The standard InChI is InChI=1S/C11H22O/c1-4-5-6-7-8-11(12)9-10(2)3/h11-12H,2,4-9H2,1,3H3. The molecule has 72 valence electrons. The van der Waals surface area contributed by atoms with Gasteiger partial charge in [-0.25, -0.2) is 0 Å². The summed E-state index contributed by atoms with van der Waals surface area (Å²) in [7, 11) is 0. The van der Waals surface area contributed by atoms with E-state index in [2.05, 4.69) is 13.5 Å². The van der Waals surface area contributed by atoms with Crippen molar-refractivity contribution in [2.75, 3.05) is 0 Å². The van der Waals surface area contributed by atoms with Crippen LogP contribution >= 0.6 is 0 Å². The van der Waals surface area contributed by atoms with Crippen LogP contribution in [0.1, 0.15) is 52.4 Å². The quantitative estimate of drug-likeness (QED) is 0.459. The summed E-state index contributed by atoms with van der Waals surface area (Å²) in [4.78, 5) is 0. The summed E-state index contributed by atoms with van der Waals surface area (Å²) in [5, 5.41) is 9.46. The molecular weight excluding hydrogens is 148 g/mol. The van der Waals surface area contributed by atoms with Crippen molar-refractivity contribution in [1.29, 1.82) is 0 Å². The summed E-state index contributed by atoms with van der Waals surface area (Å²) in [5.74, 6) is 0. The molecule has 1 unspecified atom stereocenters. The lowest BCUT2D eigenvalue weighted by Gasteiger charge is -2.09. The van der Waals surface area contributed by atoms with Crippen molar-refractivity contribution in [2.24, 2.45) is 0 Å². The molecular formula is C11H22O. The number of aliphatic hydroxyl groups is 1. The molecule has 0 amide bonds. The van der Waals surface area contributed by atoms with Crippen molar-refractivity contribution in [3.63, 3.8) is 0 Å². The van der Waals surface area contributed by atoms with Crippen LogP contribution in [0.2, 0.25) is 0 Å². The third kappa shape index (κ3) is 7.80. The molecule has 0 rings (SSSR count). The molecule has 0 spiro atoms. The zero-order chi connectivity index (χ0) is 9.40. The second-order valence-corrected chi connectivity index (χ2v) is 3.66. The summed E-state index contributed by atoms with van der Waals surface area (Å²) < 4.78 is 0. The Kier molecular flexibility index (Phi) is 7.17. The second-order valence-electron chi connectivity index (χ2n) is 3.66. The Labute approximate surface area is 76.5 Å². The van der Waals surface area contributed by atoms with Crippen LogP contribution in [0.3, 0.4) is 0 Å². The van der Waals surface area contributed by atoms with E-state index in [9.17, 15) is 5.11 Å². The number of rotatable bonds is 7. The van der Waals surface area contributed by atoms with Crippen molar-refractivity contribution >= 4 is 0 Å². The molecule has 0 aliphatic carbocycles. The van der Waals surface area contributed by atoms with Crippen LogP contribution in [0.5, 0.6) is 0 Å². The molecule has 0 fully saturated rings. The summed E-state index contributed by atoms with van der Waals surface area (Å²) in [6.45, 7) is 7.95. The van der Waals surface area contributed by atoms with E-state index in [0.717, 1.165) is 24.8 Å². The summed E-state index contributed by atoms with van der Waals surface area (Å²) in [6.07, 6.45) is 6.51. The first kappa shape index (κ1) is 11.7. The van der Waals surface area contributed by atoms with Gasteiger partial charge in [-0.1, -0.05) is 38.2 Å². The third-order valence-electron chi connectivity index (χ3n) is 1.97. The minimum absolute atomic E-state index is 0.153. The molecule has 1 heteroatoms. The number of hydrogen-bond acceptors (Lipinski definition) is 1. The highest BCUT2D eigenvalue weighted by Crippen LogP contribution is 2.10. The average Bonchev–Trinajstić information content (AvgIpc) is 1.97. The van der Waals surface area contributed by atoms with Gasteiger partial charge >= 0.3 is 0 Å². The number of hydrogen-bond donors (Lipinski definition) is 1. The Morgan fingerprint density at radius 3 is 2.50 bits per heavy atom. The Hall–Kier alpha value is -0.300. The molecule has 0 aliphatic heterocycles. The van der Waals surface area contributed by atoms with Gasteiger partial charge in [0.1, 0.15) is 0 Å². The van der Waals surface area contributed by atoms with E-state index < -0.39 is 0 Å². The van der Waals surface area contributed by atoms with Crippen LogP contribution in [-0.2, 0) is 0 Å². The molecule has 12 heavy (non-hydrogen) atoms. The smallest absolute Gasteiger partial charge is 0.0577 e. The van der Waals surface area contributed by atoms with Crippen LogP contribution in [-0.4, -0.2) is 11.2 Å². The third-order valence-corrected chi connectivity index (χ3v) is 1.97. The van der Waals surface area contributed by atoms with Crippen LogP contribution in [0.15, 0.2) is 12.2 Å². The van der Waals surface area contributed by atoms with Gasteiger partial charge in [0.25, 0.3) is 0 Å². The van der Waals surface area contributed by atoms with Gasteiger partial charge in [-0.05, 0) is 19.8 Å². The van der Waals surface area contributed by atoms with Crippen LogP contribution < -0.4 is 0 Å². The van der Waals surface area contributed by atoms with Crippen LogP contribution in [0, 0.1) is 0 Å². The lowest BCUT2D eigenvalue weighted by molar-refractivity contribution is 0.161. The molecule has 0 aromatic carbocycles. The molecule has 0 aromatic rings. The monoisotopic (exact) mass is 170 g/mol. The first-order valence-electron chi connectivity index (χ1n) is 4.99. The topological polar surface area (TPSA) is 20.2 Å². The van der Waals surface area contributed by atoms with E-state index in [1.165, 1.54) is 19.3 Å². The molecule has 0 radical (unpaired) electrons. The molecule has 0 aliphatic rings. The van der Waals surface area contributed by atoms with Crippen molar-refractivity contribution in [3.8, 4) is 0 Å². The highest BCUT2D eigenvalue weighted by molar-refractivity contribution is 4.90. The Bertz CT molecular complexity index is 118. The van der Waals surface area contributed by atoms with E-state index in [1.807, 2.05) is 6.92 Å². The summed E-state index contributed by atoms with van der Waals surface area (Å²) >= 11 is 0. The molecule has 1 atom stereocenters. The Morgan fingerprint density at radius 2 is 2.00 bits per heavy atom. The zero-order valence-electron chi connectivity index (χ0n) is 8.47. The highest BCUT2D eigenvalue weighted by Gasteiger charge is 2.02. The summed E-state index contributed by atoms with van der Waals surface area (Å²) in [5.41, 5.74) is 1.08. The Balaban J connectivity index is 3.19. The van der Waals surface area contributed by atoms with Gasteiger partial charge in [0.05, 0.1) is 6.10 Å². The van der Waals surface area contributed by atoms with Gasteiger partial charge in [0.15, 0.2) is 0 Å². The summed E-state index contributed by atoms with van der Waals surface area (Å²) in [6, 6.07) is 0. The first-order chi connectivity index (χ1) is 5.66. The fraction of sp³-hybridized carbons (Fsp3) is 0.818. The van der Waals surface area contributed by atoms with Crippen molar-refractivity contribution in [1.82, 2.24) is 0 Å². The number of aliphatic hydroxyl groups excluding tert-OH is 1. The van der Waals surface area contributed by atoms with Gasteiger partial charge in [0.2, 0.25) is 0 Å². The fourth-order valence-electron chi connectivity index (χ4n) is 1.31. The van der Waals surface area contributed by atoms with E-state index in [0.29, 0.717) is 0 Å². The molecule has 0 bridgehead atoms. The number of unbranched alkanes of at least 4 members (excludes halogenated alkanes) is 3. The van der Waals surface area contributed by atoms with Crippen LogP contribution in [0.25, 0.3) is 0 Å². The SMILES string of the molecule is C=C(C)CC(O)CCCCCC. The van der Waals surface area contributed by atoms with E-state index in [-0.39, 0.29) is 6.10 Å². The van der Waals surface area contributed by atoms with Gasteiger partial charge in [-0.15, -0.1) is 6.58 Å². The largest absolute Gasteiger partial charge is 0.393 e. The van der Waals surface area contributed by atoms with Crippen molar-refractivity contribution in [3.05, 3.63) is 12.2 Å². The maximum Gasteiger partial charge on any atom is 0.0577 e. The molecule has 0 saturated carbocycles. The van der Waals surface area contributed by atoms with Gasteiger partial charge in [-0.2, -0.15) is 0 Å². The normalized spacial score (nSPS) is 12.9. The minimum atomic E-state index is -0.153. The molecule has 0 saturated heterocycles. The molecule has 0 heterocycles. The van der Waals surface area contributed by atoms with E-state index in [1.54, 1.807) is 0 Å². The highest BCUT2D eigenvalue weighted by atomic mass is 16.3. The Morgan fingerprint density at radius 1 is 1.33 bits per heavy atom. The molecule has 0 aromatic heterocycles. The lowest BCUT2D eigenvalue weighted by Crippen LogP contribution is -2.06. The lowest BCUT2D eigenvalue weighted by atomic mass is 10.0. The average molecular weight is 170 g/mol. The second kappa shape index (κ2) is 7.35.